The van der Waals surface area contributed by atoms with Gasteiger partial charge in [0.25, 0.3) is 10.0 Å². The molecule has 0 radical (unpaired) electrons. The van der Waals surface area contributed by atoms with Gasteiger partial charge in [0.15, 0.2) is 0 Å². The predicted molar refractivity (Wildman–Crippen MR) is 76.3 cm³/mol. The third-order valence-electron chi connectivity index (χ3n) is 2.62. The van der Waals surface area contributed by atoms with Gasteiger partial charge < -0.3 is 5.73 Å². The van der Waals surface area contributed by atoms with E-state index in [0.717, 1.165) is 12.1 Å². The number of hydrogen-bond acceptors (Lipinski definition) is 4. The number of nitrogens with one attached hydrogen (secondary N) is 1. The maximum atomic E-state index is 13.6. The highest BCUT2D eigenvalue weighted by Crippen LogP contribution is 2.21. The molecule has 112 valence electrons. The first-order valence-corrected chi connectivity index (χ1v) is 7.41. The lowest BCUT2D eigenvalue weighted by molar-refractivity contribution is 0.550. The third-order valence-corrected chi connectivity index (χ3v) is 4.21. The summed E-state index contributed by atoms with van der Waals surface area (Å²) in [6.45, 7) is 0. The van der Waals surface area contributed by atoms with Crippen molar-refractivity contribution in [1.29, 1.82) is 0 Å². The zero-order chi connectivity index (χ0) is 15.8. The van der Waals surface area contributed by atoms with Crippen molar-refractivity contribution >= 4 is 33.0 Å². The van der Waals surface area contributed by atoms with Crippen LogP contribution in [0.1, 0.15) is 5.56 Å². The fraction of sp³-hybridized carbons (Fsp3) is 0.0909. The smallest absolute Gasteiger partial charge is 0.265 e. The molecule has 0 spiro atoms. The Morgan fingerprint density at radius 2 is 2.10 bits per heavy atom. The molecule has 0 amide bonds. The van der Waals surface area contributed by atoms with E-state index in [-0.39, 0.29) is 16.4 Å². The van der Waals surface area contributed by atoms with Gasteiger partial charge >= 0.3 is 0 Å². The second kappa shape index (κ2) is 5.37. The number of halogens is 2. The summed E-state index contributed by atoms with van der Waals surface area (Å²) < 4.78 is 54.1. The van der Waals surface area contributed by atoms with Crippen LogP contribution in [-0.2, 0) is 17.1 Å². The number of anilines is 1. The van der Waals surface area contributed by atoms with Crippen molar-refractivity contribution in [2.45, 2.75) is 4.90 Å². The number of nitrogens with zero attached hydrogens (tertiary/aromatic N) is 2. The van der Waals surface area contributed by atoms with Gasteiger partial charge in [0, 0.05) is 13.1 Å². The van der Waals surface area contributed by atoms with Crippen LogP contribution in [0.3, 0.4) is 0 Å². The molecule has 0 saturated heterocycles. The van der Waals surface area contributed by atoms with Crippen LogP contribution in [0.5, 0.6) is 0 Å². The molecule has 3 N–H and O–H groups in total. The van der Waals surface area contributed by atoms with E-state index >= 15 is 0 Å². The summed E-state index contributed by atoms with van der Waals surface area (Å²) in [5, 5.41) is 3.82. The van der Waals surface area contributed by atoms with Crippen molar-refractivity contribution in [1.82, 2.24) is 9.78 Å². The lowest BCUT2D eigenvalue weighted by Crippen LogP contribution is -2.20. The van der Waals surface area contributed by atoms with E-state index in [0.29, 0.717) is 6.07 Å². The normalized spacial score (nSPS) is 11.4. The molecule has 0 saturated carbocycles. The molecule has 2 aromatic rings. The standard InChI is InChI=1S/C11H10F2N4O2S2/c1-17-11(7(5-15-17)10(14)20)16-21(18,19)9-3-2-6(12)4-8(9)13/h2-5,16H,1H3,(H2,14,20). The highest BCUT2D eigenvalue weighted by atomic mass is 32.2. The lowest BCUT2D eigenvalue weighted by atomic mass is 10.3. The first kappa shape index (κ1) is 15.3. The molecular formula is C11H10F2N4O2S2. The Morgan fingerprint density at radius 3 is 2.67 bits per heavy atom. The Bertz CT molecular complexity index is 818. The van der Waals surface area contributed by atoms with Crippen LogP contribution < -0.4 is 10.5 Å². The summed E-state index contributed by atoms with van der Waals surface area (Å²) in [5.41, 5.74) is 5.65. The molecule has 1 aromatic heterocycles. The molecule has 1 aromatic carbocycles. The maximum Gasteiger partial charge on any atom is 0.265 e. The van der Waals surface area contributed by atoms with E-state index in [4.69, 9.17) is 18.0 Å². The molecule has 0 bridgehead atoms. The number of thiocarbonyl (C=S) groups is 1. The van der Waals surface area contributed by atoms with E-state index in [9.17, 15) is 17.2 Å². The highest BCUT2D eigenvalue weighted by Gasteiger charge is 2.23. The van der Waals surface area contributed by atoms with E-state index in [1.807, 2.05) is 0 Å². The highest BCUT2D eigenvalue weighted by molar-refractivity contribution is 7.92. The quantitative estimate of drug-likeness (QED) is 0.819. The second-order valence-electron chi connectivity index (χ2n) is 4.07. The summed E-state index contributed by atoms with van der Waals surface area (Å²) in [7, 11) is -2.82. The Kier molecular flexibility index (Phi) is 3.92. The molecule has 6 nitrogen and oxygen atoms in total. The summed E-state index contributed by atoms with van der Waals surface area (Å²) in [6.07, 6.45) is 1.28. The average Bonchev–Trinajstić information content (AvgIpc) is 2.70. The van der Waals surface area contributed by atoms with E-state index in [1.54, 1.807) is 0 Å². The minimum atomic E-state index is -4.28. The van der Waals surface area contributed by atoms with E-state index < -0.39 is 26.6 Å². The minimum Gasteiger partial charge on any atom is -0.389 e. The van der Waals surface area contributed by atoms with Crippen molar-refractivity contribution in [3.8, 4) is 0 Å². The summed E-state index contributed by atoms with van der Waals surface area (Å²) in [4.78, 5) is -0.764. The number of benzene rings is 1. The van der Waals surface area contributed by atoms with E-state index in [2.05, 4.69) is 9.82 Å². The predicted octanol–water partition coefficient (Wildman–Crippen LogP) is 1.13. The van der Waals surface area contributed by atoms with Gasteiger partial charge in [0.2, 0.25) is 0 Å². The molecule has 0 aliphatic carbocycles. The number of rotatable bonds is 4. The number of hydrogen-bond donors (Lipinski definition) is 2. The summed E-state index contributed by atoms with van der Waals surface area (Å²) >= 11 is 4.78. The molecule has 10 heteroatoms. The molecule has 0 aliphatic heterocycles. The van der Waals surface area contributed by atoms with Crippen LogP contribution in [0, 0.1) is 11.6 Å². The topological polar surface area (TPSA) is 90.0 Å². The zero-order valence-electron chi connectivity index (χ0n) is 10.7. The van der Waals surface area contributed by atoms with Crippen molar-refractivity contribution in [2.24, 2.45) is 12.8 Å². The van der Waals surface area contributed by atoms with E-state index in [1.165, 1.54) is 17.9 Å². The Labute approximate surface area is 124 Å². The van der Waals surface area contributed by atoms with Gasteiger partial charge in [-0.3, -0.25) is 9.40 Å². The zero-order valence-corrected chi connectivity index (χ0v) is 12.3. The Balaban J connectivity index is 2.47. The minimum absolute atomic E-state index is 0.00812. The second-order valence-corrected chi connectivity index (χ2v) is 6.17. The molecule has 0 atom stereocenters. The Hall–Kier alpha value is -2.07. The van der Waals surface area contributed by atoms with Gasteiger partial charge in [-0.25, -0.2) is 17.2 Å². The summed E-state index contributed by atoms with van der Waals surface area (Å²) in [6, 6.07) is 2.14. The van der Waals surface area contributed by atoms with Crippen molar-refractivity contribution in [3.05, 3.63) is 41.6 Å². The molecule has 0 aliphatic rings. The van der Waals surface area contributed by atoms with Crippen LogP contribution >= 0.6 is 12.2 Å². The molecule has 0 fully saturated rings. The molecule has 21 heavy (non-hydrogen) atoms. The third kappa shape index (κ3) is 3.00. The van der Waals surface area contributed by atoms with Crippen molar-refractivity contribution < 1.29 is 17.2 Å². The monoisotopic (exact) mass is 332 g/mol. The summed E-state index contributed by atoms with van der Waals surface area (Å²) in [5.74, 6) is -2.09. The maximum absolute atomic E-state index is 13.6. The average molecular weight is 332 g/mol. The van der Waals surface area contributed by atoms with Gasteiger partial charge in [-0.2, -0.15) is 5.10 Å². The van der Waals surface area contributed by atoms with Crippen molar-refractivity contribution in [3.63, 3.8) is 0 Å². The number of sulfonamides is 1. The van der Waals surface area contributed by atoms with Gasteiger partial charge in [-0.1, -0.05) is 12.2 Å². The SMILES string of the molecule is Cn1ncc(C(N)=S)c1NS(=O)(=O)c1ccc(F)cc1F. The van der Waals surface area contributed by atoms with Crippen molar-refractivity contribution in [2.75, 3.05) is 4.72 Å². The molecular weight excluding hydrogens is 322 g/mol. The fourth-order valence-electron chi connectivity index (χ4n) is 1.61. The molecule has 0 unspecified atom stereocenters. The number of aryl methyl sites for hydroxylation is 1. The lowest BCUT2D eigenvalue weighted by Gasteiger charge is -2.10. The van der Waals surface area contributed by atoms with Gasteiger partial charge in [0.05, 0.1) is 11.8 Å². The number of aromatic nitrogens is 2. The first-order valence-electron chi connectivity index (χ1n) is 5.52. The molecule has 1 heterocycles. The van der Waals surface area contributed by atoms with Crippen LogP contribution in [0.15, 0.2) is 29.3 Å². The first-order chi connectivity index (χ1) is 9.72. The Morgan fingerprint density at radius 1 is 1.43 bits per heavy atom. The van der Waals surface area contributed by atoms with Crippen LogP contribution in [0.4, 0.5) is 14.6 Å². The van der Waals surface area contributed by atoms with Gasteiger partial charge in [-0.15, -0.1) is 0 Å². The van der Waals surface area contributed by atoms with Gasteiger partial charge in [-0.05, 0) is 12.1 Å². The van der Waals surface area contributed by atoms with Gasteiger partial charge in [0.1, 0.15) is 27.3 Å². The number of nitrogens with two attached hydrogens (primary N) is 1. The fourth-order valence-corrected chi connectivity index (χ4v) is 2.93. The largest absolute Gasteiger partial charge is 0.389 e. The van der Waals surface area contributed by atoms with Crippen LogP contribution in [0.25, 0.3) is 0 Å². The van der Waals surface area contributed by atoms with Crippen LogP contribution in [-0.4, -0.2) is 23.2 Å². The van der Waals surface area contributed by atoms with Crippen LogP contribution in [0.2, 0.25) is 0 Å². The molecule has 2 rings (SSSR count).